The molecule has 1 aromatic heterocycles. The van der Waals surface area contributed by atoms with Crippen LogP contribution in [-0.4, -0.2) is 15.1 Å². The van der Waals surface area contributed by atoms with Crippen LogP contribution in [0.15, 0.2) is 17.2 Å². The summed E-state index contributed by atoms with van der Waals surface area (Å²) in [6.07, 6.45) is 8.44. The molecule has 0 saturated heterocycles. The SMILES string of the molecule is C#CC(C)(C)Nc1nccn(C)c1=O. The van der Waals surface area contributed by atoms with Crippen LogP contribution in [0.4, 0.5) is 5.82 Å². The molecule has 1 N–H and O–H groups in total. The molecule has 0 unspecified atom stereocenters. The van der Waals surface area contributed by atoms with Gasteiger partial charge in [-0.15, -0.1) is 6.42 Å². The molecule has 0 aliphatic rings. The van der Waals surface area contributed by atoms with E-state index in [1.54, 1.807) is 33.3 Å². The van der Waals surface area contributed by atoms with E-state index in [1.165, 1.54) is 4.57 Å². The summed E-state index contributed by atoms with van der Waals surface area (Å²) in [5.41, 5.74) is -0.753. The molecule has 14 heavy (non-hydrogen) atoms. The van der Waals surface area contributed by atoms with Crippen molar-refractivity contribution in [2.75, 3.05) is 5.32 Å². The lowest BCUT2D eigenvalue weighted by molar-refractivity contribution is 0.724. The highest BCUT2D eigenvalue weighted by Crippen LogP contribution is 2.06. The first-order valence-corrected chi connectivity index (χ1v) is 4.24. The van der Waals surface area contributed by atoms with Gasteiger partial charge in [-0.3, -0.25) is 4.79 Å². The van der Waals surface area contributed by atoms with Crippen molar-refractivity contribution in [3.05, 3.63) is 22.7 Å². The van der Waals surface area contributed by atoms with Gasteiger partial charge in [0, 0.05) is 19.4 Å². The van der Waals surface area contributed by atoms with E-state index in [0.29, 0.717) is 0 Å². The quantitative estimate of drug-likeness (QED) is 0.696. The van der Waals surface area contributed by atoms with Gasteiger partial charge < -0.3 is 9.88 Å². The first kappa shape index (κ1) is 10.3. The maximum absolute atomic E-state index is 11.5. The van der Waals surface area contributed by atoms with Gasteiger partial charge in [-0.2, -0.15) is 0 Å². The van der Waals surface area contributed by atoms with Gasteiger partial charge in [-0.1, -0.05) is 5.92 Å². The van der Waals surface area contributed by atoms with Crippen LogP contribution in [0.3, 0.4) is 0 Å². The minimum Gasteiger partial charge on any atom is -0.350 e. The highest BCUT2D eigenvalue weighted by Gasteiger charge is 2.15. The van der Waals surface area contributed by atoms with Gasteiger partial charge in [0.05, 0.1) is 5.54 Å². The van der Waals surface area contributed by atoms with Crippen molar-refractivity contribution in [2.45, 2.75) is 19.4 Å². The highest BCUT2D eigenvalue weighted by atomic mass is 16.1. The molecule has 0 saturated carbocycles. The number of nitrogens with zero attached hydrogens (tertiary/aromatic N) is 2. The second-order valence-electron chi connectivity index (χ2n) is 3.59. The Morgan fingerprint density at radius 3 is 2.86 bits per heavy atom. The van der Waals surface area contributed by atoms with Gasteiger partial charge in [0.2, 0.25) is 0 Å². The van der Waals surface area contributed by atoms with E-state index in [4.69, 9.17) is 6.42 Å². The molecular formula is C10H13N3O. The molecule has 0 bridgehead atoms. The van der Waals surface area contributed by atoms with Crippen molar-refractivity contribution in [3.63, 3.8) is 0 Å². The highest BCUT2D eigenvalue weighted by molar-refractivity contribution is 5.38. The number of hydrogen-bond acceptors (Lipinski definition) is 3. The van der Waals surface area contributed by atoms with Gasteiger partial charge in [-0.05, 0) is 13.8 Å². The number of hydrogen-bond donors (Lipinski definition) is 1. The predicted molar refractivity (Wildman–Crippen MR) is 56.0 cm³/mol. The van der Waals surface area contributed by atoms with Crippen LogP contribution in [0.25, 0.3) is 0 Å². The minimum absolute atomic E-state index is 0.184. The normalized spacial score (nSPS) is 10.7. The van der Waals surface area contributed by atoms with Crippen molar-refractivity contribution < 1.29 is 0 Å². The summed E-state index contributed by atoms with van der Waals surface area (Å²) in [4.78, 5) is 15.5. The fourth-order valence-corrected chi connectivity index (χ4v) is 0.916. The summed E-state index contributed by atoms with van der Waals surface area (Å²) in [5, 5.41) is 2.90. The predicted octanol–water partition coefficient (Wildman–Crippen LogP) is 0.604. The van der Waals surface area contributed by atoms with E-state index in [9.17, 15) is 4.79 Å². The molecular weight excluding hydrogens is 178 g/mol. The lowest BCUT2D eigenvalue weighted by Crippen LogP contribution is -2.34. The lowest BCUT2D eigenvalue weighted by Gasteiger charge is -2.19. The van der Waals surface area contributed by atoms with Crippen molar-refractivity contribution in [2.24, 2.45) is 7.05 Å². The zero-order chi connectivity index (χ0) is 10.8. The maximum Gasteiger partial charge on any atom is 0.293 e. The smallest absolute Gasteiger partial charge is 0.293 e. The van der Waals surface area contributed by atoms with Gasteiger partial charge in [0.25, 0.3) is 5.56 Å². The molecule has 1 heterocycles. The van der Waals surface area contributed by atoms with Gasteiger partial charge in [-0.25, -0.2) is 4.98 Å². The molecule has 0 aliphatic carbocycles. The van der Waals surface area contributed by atoms with E-state index in [-0.39, 0.29) is 11.4 Å². The summed E-state index contributed by atoms with van der Waals surface area (Å²) in [5.74, 6) is 2.81. The summed E-state index contributed by atoms with van der Waals surface area (Å²) >= 11 is 0. The lowest BCUT2D eigenvalue weighted by atomic mass is 10.1. The van der Waals surface area contributed by atoms with Gasteiger partial charge in [0.1, 0.15) is 0 Å². The van der Waals surface area contributed by atoms with Crippen molar-refractivity contribution in [3.8, 4) is 12.3 Å². The molecule has 74 valence electrons. The molecule has 1 aromatic rings. The van der Waals surface area contributed by atoms with Crippen LogP contribution >= 0.6 is 0 Å². The monoisotopic (exact) mass is 191 g/mol. The molecule has 0 spiro atoms. The number of anilines is 1. The standard InChI is InChI=1S/C10H13N3O/c1-5-10(2,3)12-8-9(14)13(4)7-6-11-8/h1,6-7H,2-4H3,(H,11,12). The van der Waals surface area contributed by atoms with E-state index in [1.807, 2.05) is 0 Å². The molecule has 0 amide bonds. The summed E-state index contributed by atoms with van der Waals surface area (Å²) in [6, 6.07) is 0. The van der Waals surface area contributed by atoms with Crippen LogP contribution < -0.4 is 10.9 Å². The zero-order valence-electron chi connectivity index (χ0n) is 8.53. The number of nitrogens with one attached hydrogen (secondary N) is 1. The summed E-state index contributed by atoms with van der Waals surface area (Å²) in [7, 11) is 1.66. The molecule has 0 radical (unpaired) electrons. The molecule has 4 heteroatoms. The molecule has 1 rings (SSSR count). The maximum atomic E-state index is 11.5. The Morgan fingerprint density at radius 1 is 1.64 bits per heavy atom. The zero-order valence-corrected chi connectivity index (χ0v) is 8.53. The molecule has 0 aromatic carbocycles. The number of rotatable bonds is 2. The second-order valence-corrected chi connectivity index (χ2v) is 3.59. The fraction of sp³-hybridized carbons (Fsp3) is 0.400. The fourth-order valence-electron chi connectivity index (χ4n) is 0.916. The van der Waals surface area contributed by atoms with Crippen molar-refractivity contribution in [1.29, 1.82) is 0 Å². The molecule has 4 nitrogen and oxygen atoms in total. The topological polar surface area (TPSA) is 46.9 Å². The van der Waals surface area contributed by atoms with Gasteiger partial charge >= 0.3 is 0 Å². The first-order chi connectivity index (χ1) is 6.46. The summed E-state index contributed by atoms with van der Waals surface area (Å²) in [6.45, 7) is 3.61. The minimum atomic E-state index is -0.569. The second kappa shape index (κ2) is 3.54. The Kier molecular flexibility index (Phi) is 2.61. The third-order valence-corrected chi connectivity index (χ3v) is 1.81. The van der Waals surface area contributed by atoms with E-state index in [0.717, 1.165) is 0 Å². The van der Waals surface area contributed by atoms with E-state index in [2.05, 4.69) is 16.2 Å². The van der Waals surface area contributed by atoms with Crippen molar-refractivity contribution in [1.82, 2.24) is 9.55 Å². The largest absolute Gasteiger partial charge is 0.350 e. The van der Waals surface area contributed by atoms with Crippen molar-refractivity contribution >= 4 is 5.82 Å². The number of aromatic nitrogens is 2. The average molecular weight is 191 g/mol. The van der Waals surface area contributed by atoms with Crippen LogP contribution in [0.1, 0.15) is 13.8 Å². The van der Waals surface area contributed by atoms with Crippen LogP contribution in [-0.2, 0) is 7.05 Å². The molecule has 0 atom stereocenters. The number of terminal acetylenes is 1. The van der Waals surface area contributed by atoms with E-state index < -0.39 is 5.54 Å². The Hall–Kier alpha value is -1.76. The Labute approximate surface area is 83.0 Å². The molecule has 0 aliphatic heterocycles. The Bertz CT molecular complexity index is 426. The Balaban J connectivity index is 3.06. The van der Waals surface area contributed by atoms with Crippen LogP contribution in [0.2, 0.25) is 0 Å². The number of aryl methyl sites for hydroxylation is 1. The third kappa shape index (κ3) is 2.13. The molecule has 0 fully saturated rings. The third-order valence-electron chi connectivity index (χ3n) is 1.81. The first-order valence-electron chi connectivity index (χ1n) is 4.24. The van der Waals surface area contributed by atoms with Crippen LogP contribution in [0, 0.1) is 12.3 Å². The van der Waals surface area contributed by atoms with Gasteiger partial charge in [0.15, 0.2) is 5.82 Å². The average Bonchev–Trinajstić information content (AvgIpc) is 2.13. The Morgan fingerprint density at radius 2 is 2.29 bits per heavy atom. The summed E-state index contributed by atoms with van der Waals surface area (Å²) < 4.78 is 1.45. The van der Waals surface area contributed by atoms with Crippen LogP contribution in [0.5, 0.6) is 0 Å². The van der Waals surface area contributed by atoms with E-state index >= 15 is 0 Å².